The highest BCUT2D eigenvalue weighted by molar-refractivity contribution is 6.66. The van der Waals surface area contributed by atoms with Gasteiger partial charge < -0.3 is 0 Å². The van der Waals surface area contributed by atoms with Gasteiger partial charge in [0, 0.05) is 0 Å². The van der Waals surface area contributed by atoms with E-state index in [-0.39, 0.29) is 5.24 Å². The summed E-state index contributed by atoms with van der Waals surface area (Å²) in [7, 11) is 0. The van der Waals surface area contributed by atoms with Crippen molar-refractivity contribution in [3.05, 3.63) is 24.3 Å². The first kappa shape index (κ1) is 6.56. The molecule has 0 aromatic heterocycles. The van der Waals surface area contributed by atoms with Crippen LogP contribution in [0.5, 0.6) is 0 Å². The molecule has 1 fully saturated rings. The highest BCUT2D eigenvalue weighted by atomic mass is 35.5. The van der Waals surface area contributed by atoms with E-state index in [1.807, 2.05) is 0 Å². The number of halogens is 1. The number of carbonyl (C=O) groups excluding carboxylic acids is 1. The van der Waals surface area contributed by atoms with Gasteiger partial charge in [0.25, 0.3) is 0 Å². The van der Waals surface area contributed by atoms with Gasteiger partial charge >= 0.3 is 0 Å². The van der Waals surface area contributed by atoms with Crippen LogP contribution in [0.4, 0.5) is 0 Å². The second-order valence-corrected chi connectivity index (χ2v) is 2.70. The van der Waals surface area contributed by atoms with E-state index in [4.69, 9.17) is 11.6 Å². The average Bonchev–Trinajstić information content (AvgIpc) is 2.22. The first-order chi connectivity index (χ1) is 4.01. The van der Waals surface area contributed by atoms with Crippen LogP contribution < -0.4 is 0 Å². The third kappa shape index (κ3) is 0.583. The standard InChI is InChI=1S/C7H7ClO/c1-4-5(2)7(4,3)6(8)9/h1-2H2,3H3. The number of rotatable bonds is 1. The van der Waals surface area contributed by atoms with Crippen molar-refractivity contribution in [2.24, 2.45) is 5.41 Å². The third-order valence-corrected chi connectivity index (χ3v) is 2.28. The van der Waals surface area contributed by atoms with Crippen molar-refractivity contribution >= 4 is 16.8 Å². The molecular weight excluding hydrogens is 136 g/mol. The quantitative estimate of drug-likeness (QED) is 0.511. The Kier molecular flexibility index (Phi) is 1.08. The van der Waals surface area contributed by atoms with Crippen molar-refractivity contribution in [1.82, 2.24) is 0 Å². The van der Waals surface area contributed by atoms with Crippen LogP contribution in [0.15, 0.2) is 24.3 Å². The van der Waals surface area contributed by atoms with Crippen molar-refractivity contribution in [2.45, 2.75) is 6.92 Å². The fraction of sp³-hybridized carbons (Fsp3) is 0.286. The first-order valence-corrected chi connectivity index (χ1v) is 2.98. The summed E-state index contributed by atoms with van der Waals surface area (Å²) in [5.41, 5.74) is 0.937. The van der Waals surface area contributed by atoms with Crippen molar-refractivity contribution in [2.75, 3.05) is 0 Å². The van der Waals surface area contributed by atoms with Gasteiger partial charge in [0.15, 0.2) is 0 Å². The molecule has 48 valence electrons. The SMILES string of the molecule is C=C1C(=C)C1(C)C(=O)Cl. The molecule has 0 atom stereocenters. The molecule has 0 unspecified atom stereocenters. The van der Waals surface area contributed by atoms with Gasteiger partial charge in [-0.2, -0.15) is 0 Å². The van der Waals surface area contributed by atoms with E-state index in [9.17, 15) is 4.79 Å². The maximum atomic E-state index is 10.6. The van der Waals surface area contributed by atoms with Crippen molar-refractivity contribution in [3.63, 3.8) is 0 Å². The van der Waals surface area contributed by atoms with E-state index >= 15 is 0 Å². The van der Waals surface area contributed by atoms with Crippen LogP contribution in [0.3, 0.4) is 0 Å². The van der Waals surface area contributed by atoms with Crippen LogP contribution in [0, 0.1) is 5.41 Å². The van der Waals surface area contributed by atoms with Crippen molar-refractivity contribution < 1.29 is 4.79 Å². The smallest absolute Gasteiger partial charge is 0.236 e. The van der Waals surface area contributed by atoms with Crippen LogP contribution in [-0.2, 0) is 4.79 Å². The molecule has 0 aromatic rings. The molecule has 1 saturated carbocycles. The Morgan fingerprint density at radius 1 is 1.56 bits per heavy atom. The summed E-state index contributed by atoms with van der Waals surface area (Å²) < 4.78 is 0. The molecule has 1 aliphatic carbocycles. The predicted molar refractivity (Wildman–Crippen MR) is 37.2 cm³/mol. The Morgan fingerprint density at radius 3 is 1.89 bits per heavy atom. The molecule has 1 nitrogen and oxygen atoms in total. The zero-order valence-electron chi connectivity index (χ0n) is 5.20. The molecule has 1 aliphatic rings. The van der Waals surface area contributed by atoms with Gasteiger partial charge in [0.1, 0.15) is 0 Å². The van der Waals surface area contributed by atoms with Crippen LogP contribution >= 0.6 is 11.6 Å². The minimum atomic E-state index is -0.596. The summed E-state index contributed by atoms with van der Waals surface area (Å²) in [5, 5.41) is -0.377. The van der Waals surface area contributed by atoms with E-state index in [0.717, 1.165) is 11.1 Å². The maximum absolute atomic E-state index is 10.6. The Hall–Kier alpha value is -0.560. The first-order valence-electron chi connectivity index (χ1n) is 2.60. The van der Waals surface area contributed by atoms with Gasteiger partial charge in [-0.1, -0.05) is 13.2 Å². The van der Waals surface area contributed by atoms with Gasteiger partial charge in [-0.25, -0.2) is 0 Å². The van der Waals surface area contributed by atoms with Crippen LogP contribution in [0.2, 0.25) is 0 Å². The largest absolute Gasteiger partial charge is 0.280 e. The van der Waals surface area contributed by atoms with Gasteiger partial charge in [-0.05, 0) is 29.7 Å². The molecule has 1 rings (SSSR count). The summed E-state index contributed by atoms with van der Waals surface area (Å²) >= 11 is 5.25. The fourth-order valence-corrected chi connectivity index (χ4v) is 0.975. The molecule has 0 aromatic carbocycles. The molecule has 0 aliphatic heterocycles. The van der Waals surface area contributed by atoms with Crippen LogP contribution in [-0.4, -0.2) is 5.24 Å². The molecule has 0 radical (unpaired) electrons. The molecule has 2 heteroatoms. The second kappa shape index (κ2) is 1.48. The lowest BCUT2D eigenvalue weighted by Gasteiger charge is -1.94. The molecule has 9 heavy (non-hydrogen) atoms. The Labute approximate surface area is 59.0 Å². The molecular formula is C7H7ClO. The monoisotopic (exact) mass is 142 g/mol. The predicted octanol–water partition coefficient (Wildman–Crippen LogP) is 1.88. The highest BCUT2D eigenvalue weighted by Crippen LogP contribution is 2.56. The fourth-order valence-electron chi connectivity index (χ4n) is 0.747. The number of carbonyl (C=O) groups is 1. The van der Waals surface area contributed by atoms with Crippen molar-refractivity contribution in [1.29, 1.82) is 0 Å². The summed E-state index contributed by atoms with van der Waals surface area (Å²) in [6.07, 6.45) is 0. The van der Waals surface area contributed by atoms with Crippen LogP contribution in [0.25, 0.3) is 0 Å². The number of allylic oxidation sites excluding steroid dienone is 2. The summed E-state index contributed by atoms with van der Waals surface area (Å²) in [4.78, 5) is 10.6. The second-order valence-electron chi connectivity index (χ2n) is 2.36. The zero-order valence-corrected chi connectivity index (χ0v) is 5.96. The van der Waals surface area contributed by atoms with Gasteiger partial charge in [0.05, 0.1) is 5.41 Å². The highest BCUT2D eigenvalue weighted by Gasteiger charge is 2.53. The average molecular weight is 143 g/mol. The summed E-state index contributed by atoms with van der Waals surface area (Å²) in [5.74, 6) is 0. The minimum absolute atomic E-state index is 0.377. The Bertz CT molecular complexity index is 201. The Morgan fingerprint density at radius 2 is 1.89 bits per heavy atom. The van der Waals surface area contributed by atoms with Gasteiger partial charge in [-0.15, -0.1) is 0 Å². The Balaban J connectivity index is 2.96. The summed E-state index contributed by atoms with van der Waals surface area (Å²) in [6, 6.07) is 0. The summed E-state index contributed by atoms with van der Waals surface area (Å²) in [6.45, 7) is 8.96. The van der Waals surface area contributed by atoms with Gasteiger partial charge in [-0.3, -0.25) is 4.79 Å². The minimum Gasteiger partial charge on any atom is -0.280 e. The molecule has 0 saturated heterocycles. The topological polar surface area (TPSA) is 17.1 Å². The third-order valence-electron chi connectivity index (χ3n) is 1.90. The van der Waals surface area contributed by atoms with E-state index in [1.54, 1.807) is 6.92 Å². The van der Waals surface area contributed by atoms with E-state index in [2.05, 4.69) is 13.2 Å². The number of hydrogen-bond acceptors (Lipinski definition) is 1. The van der Waals surface area contributed by atoms with Crippen molar-refractivity contribution in [3.8, 4) is 0 Å². The number of hydrogen-bond donors (Lipinski definition) is 0. The van der Waals surface area contributed by atoms with E-state index in [1.165, 1.54) is 0 Å². The molecule has 0 N–H and O–H groups in total. The lowest BCUT2D eigenvalue weighted by molar-refractivity contribution is -0.114. The molecule has 0 heterocycles. The van der Waals surface area contributed by atoms with Crippen LogP contribution in [0.1, 0.15) is 6.92 Å². The molecule has 0 bridgehead atoms. The lowest BCUT2D eigenvalue weighted by Crippen LogP contribution is -2.03. The van der Waals surface area contributed by atoms with Gasteiger partial charge in [0.2, 0.25) is 5.24 Å². The normalized spacial score (nSPS) is 22.0. The maximum Gasteiger partial charge on any atom is 0.236 e. The zero-order chi connectivity index (χ0) is 7.23. The molecule has 0 amide bonds. The van der Waals surface area contributed by atoms with E-state index in [0.29, 0.717) is 0 Å². The van der Waals surface area contributed by atoms with E-state index < -0.39 is 5.41 Å². The molecule has 0 spiro atoms. The lowest BCUT2D eigenvalue weighted by atomic mass is 10.1.